The summed E-state index contributed by atoms with van der Waals surface area (Å²) >= 11 is 5.90. The molecule has 2 aromatic carbocycles. The quantitative estimate of drug-likeness (QED) is 0.892. The lowest BCUT2D eigenvalue weighted by molar-refractivity contribution is -0.125. The number of carbonyl (C=O) groups excluding carboxylic acids is 2. The molecule has 1 atom stereocenters. The first-order valence-corrected chi connectivity index (χ1v) is 7.68. The van der Waals surface area contributed by atoms with Gasteiger partial charge in [0, 0.05) is 17.1 Å². The predicted molar refractivity (Wildman–Crippen MR) is 88.7 cm³/mol. The fourth-order valence-corrected chi connectivity index (χ4v) is 2.52. The number of halogens is 2. The van der Waals surface area contributed by atoms with Gasteiger partial charge in [-0.3, -0.25) is 9.59 Å². The molecule has 2 amide bonds. The second kappa shape index (κ2) is 6.88. The van der Waals surface area contributed by atoms with Gasteiger partial charge in [0.2, 0.25) is 11.8 Å². The molecule has 0 saturated carbocycles. The summed E-state index contributed by atoms with van der Waals surface area (Å²) in [5.74, 6) is -1.19. The van der Waals surface area contributed by atoms with Crippen LogP contribution in [0.3, 0.4) is 0 Å². The molecule has 124 valence electrons. The number of ether oxygens (including phenoxy) is 1. The van der Waals surface area contributed by atoms with Crippen molar-refractivity contribution in [3.05, 3.63) is 53.3 Å². The molecule has 5 nitrogen and oxygen atoms in total. The van der Waals surface area contributed by atoms with Crippen molar-refractivity contribution in [3.8, 4) is 5.75 Å². The molecule has 1 aliphatic rings. The molecule has 2 N–H and O–H groups in total. The number of hydrogen-bond donors (Lipinski definition) is 2. The molecule has 1 unspecified atom stereocenters. The molecule has 2 aromatic rings. The minimum Gasteiger partial charge on any atom is -0.491 e. The maximum Gasteiger partial charge on any atom is 0.231 e. The third-order valence-corrected chi connectivity index (χ3v) is 3.81. The molecule has 7 heteroatoms. The van der Waals surface area contributed by atoms with Gasteiger partial charge in [-0.05, 0) is 42.5 Å². The van der Waals surface area contributed by atoms with E-state index in [4.69, 9.17) is 16.3 Å². The highest BCUT2D eigenvalue weighted by Crippen LogP contribution is 2.31. The Kier molecular flexibility index (Phi) is 4.66. The second-order valence-electron chi connectivity index (χ2n) is 5.40. The molecule has 3 rings (SSSR count). The van der Waals surface area contributed by atoms with Gasteiger partial charge in [-0.2, -0.15) is 0 Å². The number of benzene rings is 2. The van der Waals surface area contributed by atoms with Crippen LogP contribution >= 0.6 is 11.6 Å². The SMILES string of the molecule is O=C(CC1COc2ccc(Cl)cc2NC1=O)Nc1ccc(F)cc1. The molecule has 0 spiro atoms. The molecule has 0 saturated heterocycles. The summed E-state index contributed by atoms with van der Waals surface area (Å²) in [6.45, 7) is 0.0807. The summed E-state index contributed by atoms with van der Waals surface area (Å²) in [6.07, 6.45) is -0.0507. The van der Waals surface area contributed by atoms with Crippen molar-refractivity contribution in [2.75, 3.05) is 17.2 Å². The maximum atomic E-state index is 12.9. The van der Waals surface area contributed by atoms with Crippen LogP contribution in [0.4, 0.5) is 15.8 Å². The van der Waals surface area contributed by atoms with Gasteiger partial charge in [0.1, 0.15) is 18.2 Å². The fraction of sp³-hybridized carbons (Fsp3) is 0.176. The van der Waals surface area contributed by atoms with Gasteiger partial charge in [-0.1, -0.05) is 11.6 Å². The number of hydrogen-bond acceptors (Lipinski definition) is 3. The van der Waals surface area contributed by atoms with Crippen LogP contribution < -0.4 is 15.4 Å². The van der Waals surface area contributed by atoms with Gasteiger partial charge in [0.15, 0.2) is 0 Å². The highest BCUT2D eigenvalue weighted by molar-refractivity contribution is 6.31. The molecule has 24 heavy (non-hydrogen) atoms. The lowest BCUT2D eigenvalue weighted by Gasteiger charge is -2.12. The summed E-state index contributed by atoms with van der Waals surface area (Å²) in [4.78, 5) is 24.3. The van der Waals surface area contributed by atoms with E-state index in [1.54, 1.807) is 18.2 Å². The Labute approximate surface area is 142 Å². The first-order valence-electron chi connectivity index (χ1n) is 7.30. The monoisotopic (exact) mass is 348 g/mol. The van der Waals surface area contributed by atoms with Crippen molar-refractivity contribution >= 4 is 34.8 Å². The van der Waals surface area contributed by atoms with Crippen LogP contribution in [0.15, 0.2) is 42.5 Å². The Morgan fingerprint density at radius 2 is 2.04 bits per heavy atom. The van der Waals surface area contributed by atoms with Gasteiger partial charge >= 0.3 is 0 Å². The van der Waals surface area contributed by atoms with E-state index in [0.29, 0.717) is 22.1 Å². The van der Waals surface area contributed by atoms with Crippen molar-refractivity contribution in [1.82, 2.24) is 0 Å². The van der Waals surface area contributed by atoms with Crippen molar-refractivity contribution < 1.29 is 18.7 Å². The zero-order chi connectivity index (χ0) is 17.1. The molecular weight excluding hydrogens is 335 g/mol. The van der Waals surface area contributed by atoms with E-state index >= 15 is 0 Å². The Hall–Kier alpha value is -2.60. The molecule has 1 aliphatic heterocycles. The Balaban J connectivity index is 1.64. The number of carbonyl (C=O) groups is 2. The number of anilines is 2. The van der Waals surface area contributed by atoms with Crippen LogP contribution in [0.25, 0.3) is 0 Å². The van der Waals surface area contributed by atoms with Gasteiger partial charge in [0.25, 0.3) is 0 Å². The fourth-order valence-electron chi connectivity index (χ4n) is 2.35. The molecule has 1 heterocycles. The van der Waals surface area contributed by atoms with E-state index < -0.39 is 5.92 Å². The summed E-state index contributed by atoms with van der Waals surface area (Å²) in [6, 6.07) is 10.3. The predicted octanol–water partition coefficient (Wildman–Crippen LogP) is 3.46. The Bertz CT molecular complexity index is 780. The first-order chi connectivity index (χ1) is 11.5. The van der Waals surface area contributed by atoms with E-state index in [9.17, 15) is 14.0 Å². The smallest absolute Gasteiger partial charge is 0.231 e. The van der Waals surface area contributed by atoms with Crippen molar-refractivity contribution in [2.45, 2.75) is 6.42 Å². The second-order valence-corrected chi connectivity index (χ2v) is 5.83. The first kappa shape index (κ1) is 16.3. The summed E-state index contributed by atoms with van der Waals surface area (Å²) in [5.41, 5.74) is 0.945. The molecule has 0 aromatic heterocycles. The number of fused-ring (bicyclic) bond motifs is 1. The zero-order valence-electron chi connectivity index (χ0n) is 12.5. The third kappa shape index (κ3) is 3.83. The van der Waals surface area contributed by atoms with E-state index in [1.165, 1.54) is 24.3 Å². The summed E-state index contributed by atoms with van der Waals surface area (Å²) in [5, 5.41) is 5.81. The molecule has 0 bridgehead atoms. The average molecular weight is 349 g/mol. The van der Waals surface area contributed by atoms with E-state index in [2.05, 4.69) is 10.6 Å². The lowest BCUT2D eigenvalue weighted by Crippen LogP contribution is -2.29. The van der Waals surface area contributed by atoms with Gasteiger partial charge < -0.3 is 15.4 Å². The van der Waals surface area contributed by atoms with Crippen molar-refractivity contribution in [3.63, 3.8) is 0 Å². The van der Waals surface area contributed by atoms with Crippen molar-refractivity contribution in [1.29, 1.82) is 0 Å². The van der Waals surface area contributed by atoms with Gasteiger partial charge in [0.05, 0.1) is 11.6 Å². The van der Waals surface area contributed by atoms with Crippen LogP contribution in [-0.2, 0) is 9.59 Å². The zero-order valence-corrected chi connectivity index (χ0v) is 13.3. The standard InChI is InChI=1S/C17H14ClFN2O3/c18-11-1-6-15-14(8-11)21-17(23)10(9-24-15)7-16(22)20-13-4-2-12(19)3-5-13/h1-6,8,10H,7,9H2,(H,20,22)(H,21,23). The Morgan fingerprint density at radius 3 is 2.79 bits per heavy atom. The van der Waals surface area contributed by atoms with Crippen LogP contribution in [0.1, 0.15) is 6.42 Å². The van der Waals surface area contributed by atoms with Crippen LogP contribution in [0, 0.1) is 11.7 Å². The average Bonchev–Trinajstić information content (AvgIpc) is 2.68. The number of amides is 2. The largest absolute Gasteiger partial charge is 0.491 e. The van der Waals surface area contributed by atoms with E-state index in [1.807, 2.05) is 0 Å². The molecule has 0 radical (unpaired) electrons. The summed E-state index contributed by atoms with van der Waals surface area (Å²) < 4.78 is 18.4. The minimum atomic E-state index is -0.642. The van der Waals surface area contributed by atoms with E-state index in [0.717, 1.165) is 0 Å². The summed E-state index contributed by atoms with van der Waals surface area (Å²) in [7, 11) is 0. The Morgan fingerprint density at radius 1 is 1.29 bits per heavy atom. The molecule has 0 fully saturated rings. The number of nitrogens with one attached hydrogen (secondary N) is 2. The normalized spacial score (nSPS) is 16.4. The van der Waals surface area contributed by atoms with Crippen LogP contribution in [-0.4, -0.2) is 18.4 Å². The van der Waals surface area contributed by atoms with Crippen LogP contribution in [0.2, 0.25) is 5.02 Å². The van der Waals surface area contributed by atoms with Gasteiger partial charge in [-0.25, -0.2) is 4.39 Å². The highest BCUT2D eigenvalue weighted by atomic mass is 35.5. The number of rotatable bonds is 3. The third-order valence-electron chi connectivity index (χ3n) is 3.57. The minimum absolute atomic E-state index is 0.0507. The van der Waals surface area contributed by atoms with Crippen LogP contribution in [0.5, 0.6) is 5.75 Å². The maximum absolute atomic E-state index is 12.9. The molecule has 0 aliphatic carbocycles. The lowest BCUT2D eigenvalue weighted by atomic mass is 10.1. The topological polar surface area (TPSA) is 67.4 Å². The van der Waals surface area contributed by atoms with Crippen molar-refractivity contribution in [2.24, 2.45) is 5.92 Å². The van der Waals surface area contributed by atoms with Gasteiger partial charge in [-0.15, -0.1) is 0 Å². The highest BCUT2D eigenvalue weighted by Gasteiger charge is 2.27. The molecular formula is C17H14ClFN2O3. The van der Waals surface area contributed by atoms with E-state index in [-0.39, 0.29) is 30.7 Å².